The molecule has 0 radical (unpaired) electrons. The van der Waals surface area contributed by atoms with Gasteiger partial charge in [-0.3, -0.25) is 9.59 Å². The lowest BCUT2D eigenvalue weighted by Crippen LogP contribution is -2.51. The van der Waals surface area contributed by atoms with Crippen LogP contribution in [0.25, 0.3) is 0 Å². The minimum atomic E-state index is -0.285. The highest BCUT2D eigenvalue weighted by Gasteiger charge is 2.38. The van der Waals surface area contributed by atoms with E-state index in [9.17, 15) is 9.59 Å². The van der Waals surface area contributed by atoms with Crippen molar-refractivity contribution in [1.82, 2.24) is 14.9 Å². The van der Waals surface area contributed by atoms with Crippen LogP contribution in [-0.4, -0.2) is 85.7 Å². The Bertz CT molecular complexity index is 1060. The molecule has 3 saturated heterocycles. The largest absolute Gasteiger partial charge is 0.378 e. The number of nitrogens with zero attached hydrogens (tertiary/aromatic N) is 6. The van der Waals surface area contributed by atoms with Crippen molar-refractivity contribution in [1.29, 1.82) is 0 Å². The predicted octanol–water partition coefficient (Wildman–Crippen LogP) is 1.63. The van der Waals surface area contributed by atoms with Crippen LogP contribution >= 0.6 is 0 Å². The summed E-state index contributed by atoms with van der Waals surface area (Å²) in [6.45, 7) is 10.2. The van der Waals surface area contributed by atoms with Crippen molar-refractivity contribution in [3.63, 3.8) is 0 Å². The van der Waals surface area contributed by atoms with Gasteiger partial charge in [0, 0.05) is 64.1 Å². The van der Waals surface area contributed by atoms with Crippen LogP contribution < -0.4 is 14.7 Å². The fourth-order valence-corrected chi connectivity index (χ4v) is 4.86. The topological polar surface area (TPSA) is 82.1 Å². The molecular formula is C25H32N6O3. The number of aryl methyl sites for hydroxylation is 2. The number of piperazine rings is 1. The Labute approximate surface area is 200 Å². The molecule has 3 aliphatic rings. The number of benzene rings is 1. The maximum absolute atomic E-state index is 13.2. The van der Waals surface area contributed by atoms with Gasteiger partial charge < -0.3 is 24.3 Å². The second kappa shape index (κ2) is 9.58. The standard InChI is InChI=1S/C25H32N6O3/c1-18-3-4-21(15-19(18)2)31-17-20(16-23(31)32)24(33)29-9-7-28(8-10-29)22-5-6-26-25(27-22)30-11-13-34-14-12-30/h3-6,15,20H,7-14,16-17H2,1-2H3. The fourth-order valence-electron chi connectivity index (χ4n) is 4.86. The van der Waals surface area contributed by atoms with Crippen molar-refractivity contribution < 1.29 is 14.3 Å². The van der Waals surface area contributed by atoms with E-state index in [1.54, 1.807) is 11.1 Å². The number of hydrogen-bond donors (Lipinski definition) is 0. The van der Waals surface area contributed by atoms with Gasteiger partial charge in [-0.1, -0.05) is 6.07 Å². The van der Waals surface area contributed by atoms with Gasteiger partial charge in [-0.15, -0.1) is 0 Å². The van der Waals surface area contributed by atoms with Crippen LogP contribution in [0, 0.1) is 19.8 Å². The van der Waals surface area contributed by atoms with Gasteiger partial charge in [-0.05, 0) is 43.2 Å². The normalized spacial score (nSPS) is 21.4. The van der Waals surface area contributed by atoms with Crippen molar-refractivity contribution in [2.24, 2.45) is 5.92 Å². The van der Waals surface area contributed by atoms with E-state index in [4.69, 9.17) is 9.72 Å². The molecule has 9 heteroatoms. The molecule has 1 unspecified atom stereocenters. The Morgan fingerprint density at radius 1 is 0.971 bits per heavy atom. The SMILES string of the molecule is Cc1ccc(N2CC(C(=O)N3CCN(c4ccnc(N5CCOCC5)n4)CC3)CC2=O)cc1C. The number of morpholine rings is 1. The minimum Gasteiger partial charge on any atom is -0.378 e. The monoisotopic (exact) mass is 464 g/mol. The second-order valence-electron chi connectivity index (χ2n) is 9.30. The Morgan fingerprint density at radius 2 is 1.74 bits per heavy atom. The van der Waals surface area contributed by atoms with E-state index in [-0.39, 0.29) is 24.2 Å². The summed E-state index contributed by atoms with van der Waals surface area (Å²) in [6.07, 6.45) is 2.08. The molecule has 1 atom stereocenters. The average Bonchev–Trinajstić information content (AvgIpc) is 3.27. The Balaban J connectivity index is 1.18. The number of rotatable bonds is 4. The number of aromatic nitrogens is 2. The van der Waals surface area contributed by atoms with Crippen molar-refractivity contribution >= 4 is 29.3 Å². The third kappa shape index (κ3) is 4.57. The summed E-state index contributed by atoms with van der Waals surface area (Å²) in [5.74, 6) is 1.44. The van der Waals surface area contributed by atoms with E-state index in [1.165, 1.54) is 5.56 Å². The summed E-state index contributed by atoms with van der Waals surface area (Å²) in [4.78, 5) is 43.1. The van der Waals surface area contributed by atoms with Crippen molar-refractivity contribution in [3.05, 3.63) is 41.6 Å². The lowest BCUT2D eigenvalue weighted by molar-refractivity contribution is -0.136. The number of anilines is 3. The van der Waals surface area contributed by atoms with E-state index in [0.29, 0.717) is 45.9 Å². The molecule has 180 valence electrons. The highest BCUT2D eigenvalue weighted by atomic mass is 16.5. The summed E-state index contributed by atoms with van der Waals surface area (Å²) in [5, 5.41) is 0. The van der Waals surface area contributed by atoms with Crippen LogP contribution in [0.4, 0.5) is 17.5 Å². The Morgan fingerprint density at radius 3 is 2.47 bits per heavy atom. The second-order valence-corrected chi connectivity index (χ2v) is 9.30. The molecular weight excluding hydrogens is 432 g/mol. The Hall–Kier alpha value is -3.20. The number of amides is 2. The van der Waals surface area contributed by atoms with Gasteiger partial charge in [0.2, 0.25) is 17.8 Å². The van der Waals surface area contributed by atoms with Crippen LogP contribution in [-0.2, 0) is 14.3 Å². The highest BCUT2D eigenvalue weighted by Crippen LogP contribution is 2.28. The van der Waals surface area contributed by atoms with Gasteiger partial charge in [0.1, 0.15) is 5.82 Å². The molecule has 34 heavy (non-hydrogen) atoms. The molecule has 1 aromatic heterocycles. The molecule has 3 fully saturated rings. The Kier molecular flexibility index (Phi) is 6.36. The first-order valence-corrected chi connectivity index (χ1v) is 12.1. The molecule has 2 amide bonds. The zero-order valence-corrected chi connectivity index (χ0v) is 19.9. The molecule has 0 N–H and O–H groups in total. The third-order valence-electron chi connectivity index (χ3n) is 7.11. The van der Waals surface area contributed by atoms with Gasteiger partial charge in [-0.2, -0.15) is 4.98 Å². The molecule has 0 bridgehead atoms. The molecule has 0 saturated carbocycles. The van der Waals surface area contributed by atoms with Crippen molar-refractivity contribution in [2.45, 2.75) is 20.3 Å². The minimum absolute atomic E-state index is 0.0249. The van der Waals surface area contributed by atoms with E-state index in [1.807, 2.05) is 36.1 Å². The summed E-state index contributed by atoms with van der Waals surface area (Å²) >= 11 is 0. The molecule has 4 heterocycles. The number of ether oxygens (including phenoxy) is 1. The number of hydrogen-bond acceptors (Lipinski definition) is 7. The summed E-state index contributed by atoms with van der Waals surface area (Å²) in [7, 11) is 0. The van der Waals surface area contributed by atoms with Crippen LogP contribution in [0.2, 0.25) is 0 Å². The quantitative estimate of drug-likeness (QED) is 0.680. The lowest BCUT2D eigenvalue weighted by Gasteiger charge is -2.36. The highest BCUT2D eigenvalue weighted by molar-refractivity contribution is 6.00. The first-order valence-electron chi connectivity index (χ1n) is 12.1. The third-order valence-corrected chi connectivity index (χ3v) is 7.11. The van der Waals surface area contributed by atoms with Crippen LogP contribution in [0.5, 0.6) is 0 Å². The number of carbonyl (C=O) groups is 2. The van der Waals surface area contributed by atoms with Gasteiger partial charge in [-0.25, -0.2) is 4.98 Å². The van der Waals surface area contributed by atoms with E-state index in [0.717, 1.165) is 36.1 Å². The van der Waals surface area contributed by atoms with Gasteiger partial charge in [0.25, 0.3) is 0 Å². The molecule has 0 spiro atoms. The zero-order valence-electron chi connectivity index (χ0n) is 19.9. The first kappa shape index (κ1) is 22.6. The summed E-state index contributed by atoms with van der Waals surface area (Å²) < 4.78 is 5.42. The van der Waals surface area contributed by atoms with Gasteiger partial charge in [0.05, 0.1) is 19.1 Å². The van der Waals surface area contributed by atoms with E-state index >= 15 is 0 Å². The molecule has 0 aliphatic carbocycles. The predicted molar refractivity (Wildman–Crippen MR) is 130 cm³/mol. The van der Waals surface area contributed by atoms with E-state index in [2.05, 4.69) is 21.7 Å². The van der Waals surface area contributed by atoms with Crippen molar-refractivity contribution in [3.8, 4) is 0 Å². The average molecular weight is 465 g/mol. The summed E-state index contributed by atoms with van der Waals surface area (Å²) in [5.41, 5.74) is 3.23. The van der Waals surface area contributed by atoms with Gasteiger partial charge >= 0.3 is 0 Å². The molecule has 2 aromatic rings. The van der Waals surface area contributed by atoms with Crippen LogP contribution in [0.3, 0.4) is 0 Å². The molecule has 3 aliphatic heterocycles. The van der Waals surface area contributed by atoms with Gasteiger partial charge in [0.15, 0.2) is 0 Å². The summed E-state index contributed by atoms with van der Waals surface area (Å²) in [6, 6.07) is 7.97. The molecule has 1 aromatic carbocycles. The van der Waals surface area contributed by atoms with Crippen LogP contribution in [0.15, 0.2) is 30.5 Å². The first-order chi connectivity index (χ1) is 16.5. The fraction of sp³-hybridized carbons (Fsp3) is 0.520. The lowest BCUT2D eigenvalue weighted by atomic mass is 10.1. The van der Waals surface area contributed by atoms with Crippen LogP contribution in [0.1, 0.15) is 17.5 Å². The zero-order chi connectivity index (χ0) is 23.7. The molecule has 9 nitrogen and oxygen atoms in total. The smallest absolute Gasteiger partial charge is 0.228 e. The van der Waals surface area contributed by atoms with E-state index < -0.39 is 0 Å². The number of carbonyl (C=O) groups excluding carboxylic acids is 2. The maximum Gasteiger partial charge on any atom is 0.228 e. The van der Waals surface area contributed by atoms with Crippen molar-refractivity contribution in [2.75, 3.05) is 73.7 Å². The maximum atomic E-state index is 13.2. The molecule has 5 rings (SSSR count).